The highest BCUT2D eigenvalue weighted by Crippen LogP contribution is 2.47. The Hall–Kier alpha value is -0.680. The van der Waals surface area contributed by atoms with Crippen LogP contribution in [-0.4, -0.2) is 54.4 Å². The molecule has 1 aliphatic carbocycles. The van der Waals surface area contributed by atoms with Gasteiger partial charge in [0.05, 0.1) is 10.4 Å². The average Bonchev–Trinajstić information content (AvgIpc) is 2.28. The van der Waals surface area contributed by atoms with E-state index in [0.717, 1.165) is 32.5 Å². The number of hydrogen-bond acceptors (Lipinski definition) is 3. The molecule has 0 saturated heterocycles. The highest BCUT2D eigenvalue weighted by molar-refractivity contribution is 7.80. The SMILES string of the molecule is CC(C)CN(CCN(C)C)C(=O)C1(C(N)=S)CC(C)C1. The lowest BCUT2D eigenvalue weighted by Gasteiger charge is -2.47. The van der Waals surface area contributed by atoms with Crippen LogP contribution in [0.1, 0.15) is 33.6 Å². The van der Waals surface area contributed by atoms with Crippen molar-refractivity contribution in [3.63, 3.8) is 0 Å². The molecule has 0 aromatic rings. The summed E-state index contributed by atoms with van der Waals surface area (Å²) in [6.45, 7) is 8.78. The molecule has 0 aliphatic heterocycles. The van der Waals surface area contributed by atoms with E-state index in [1.807, 2.05) is 19.0 Å². The summed E-state index contributed by atoms with van der Waals surface area (Å²) in [6.07, 6.45) is 1.61. The fraction of sp³-hybridized carbons (Fsp3) is 0.867. The fourth-order valence-corrected chi connectivity index (χ4v) is 3.21. The summed E-state index contributed by atoms with van der Waals surface area (Å²) in [5.74, 6) is 1.12. The number of nitrogens with zero attached hydrogens (tertiary/aromatic N) is 2. The molecule has 1 aliphatic rings. The van der Waals surface area contributed by atoms with Crippen LogP contribution >= 0.6 is 12.2 Å². The van der Waals surface area contributed by atoms with Crippen LogP contribution in [0.15, 0.2) is 0 Å². The molecule has 5 heteroatoms. The maximum Gasteiger partial charge on any atom is 0.235 e. The van der Waals surface area contributed by atoms with Gasteiger partial charge in [-0.2, -0.15) is 0 Å². The van der Waals surface area contributed by atoms with Crippen LogP contribution < -0.4 is 5.73 Å². The first-order valence-corrected chi connectivity index (χ1v) is 7.84. The highest BCUT2D eigenvalue weighted by atomic mass is 32.1. The first-order valence-electron chi connectivity index (χ1n) is 7.43. The van der Waals surface area contributed by atoms with E-state index in [0.29, 0.717) is 16.8 Å². The van der Waals surface area contributed by atoms with E-state index in [-0.39, 0.29) is 5.91 Å². The number of rotatable bonds is 7. The van der Waals surface area contributed by atoms with E-state index in [4.69, 9.17) is 18.0 Å². The van der Waals surface area contributed by atoms with Crippen molar-refractivity contribution >= 4 is 23.1 Å². The lowest BCUT2D eigenvalue weighted by Crippen LogP contribution is -2.58. The minimum absolute atomic E-state index is 0.138. The molecule has 1 rings (SSSR count). The molecule has 2 N–H and O–H groups in total. The molecular weight excluding hydrogens is 270 g/mol. The Morgan fingerprint density at radius 3 is 2.25 bits per heavy atom. The number of hydrogen-bond donors (Lipinski definition) is 1. The van der Waals surface area contributed by atoms with Crippen molar-refractivity contribution in [2.24, 2.45) is 23.0 Å². The maximum absolute atomic E-state index is 12.9. The summed E-state index contributed by atoms with van der Waals surface area (Å²) in [5, 5.41) is 0. The molecular formula is C15H29N3OS. The molecule has 0 bridgehead atoms. The van der Waals surface area contributed by atoms with Crippen LogP contribution in [0.2, 0.25) is 0 Å². The normalized spacial score (nSPS) is 25.6. The molecule has 0 spiro atoms. The van der Waals surface area contributed by atoms with E-state index in [1.165, 1.54) is 0 Å². The van der Waals surface area contributed by atoms with Gasteiger partial charge in [-0.25, -0.2) is 0 Å². The lowest BCUT2D eigenvalue weighted by molar-refractivity contribution is -0.144. The van der Waals surface area contributed by atoms with Gasteiger partial charge in [-0.15, -0.1) is 0 Å². The molecule has 4 nitrogen and oxygen atoms in total. The van der Waals surface area contributed by atoms with E-state index < -0.39 is 5.41 Å². The van der Waals surface area contributed by atoms with E-state index in [1.54, 1.807) is 0 Å². The number of amides is 1. The Labute approximate surface area is 128 Å². The minimum Gasteiger partial charge on any atom is -0.392 e. The largest absolute Gasteiger partial charge is 0.392 e. The molecule has 1 amide bonds. The second kappa shape index (κ2) is 6.85. The molecule has 0 aromatic heterocycles. The van der Waals surface area contributed by atoms with Gasteiger partial charge in [-0.05, 0) is 38.8 Å². The van der Waals surface area contributed by atoms with Gasteiger partial charge in [-0.1, -0.05) is 33.0 Å². The van der Waals surface area contributed by atoms with E-state index >= 15 is 0 Å². The lowest BCUT2D eigenvalue weighted by atomic mass is 9.61. The van der Waals surface area contributed by atoms with Gasteiger partial charge < -0.3 is 15.5 Å². The molecule has 1 saturated carbocycles. The maximum atomic E-state index is 12.9. The predicted octanol–water partition coefficient (Wildman–Crippen LogP) is 1.73. The first-order chi connectivity index (χ1) is 9.19. The second-order valence-electron chi connectivity index (χ2n) is 6.91. The van der Waals surface area contributed by atoms with Crippen molar-refractivity contribution in [2.45, 2.75) is 33.6 Å². The molecule has 1 fully saturated rings. The first kappa shape index (κ1) is 17.4. The van der Waals surface area contributed by atoms with Gasteiger partial charge in [0.15, 0.2) is 0 Å². The van der Waals surface area contributed by atoms with Crippen LogP contribution in [0.25, 0.3) is 0 Å². The van der Waals surface area contributed by atoms with Gasteiger partial charge >= 0.3 is 0 Å². The molecule has 0 aromatic carbocycles. The molecule has 0 radical (unpaired) electrons. The summed E-state index contributed by atoms with van der Waals surface area (Å²) >= 11 is 5.20. The van der Waals surface area contributed by atoms with Crippen molar-refractivity contribution in [1.29, 1.82) is 0 Å². The summed E-state index contributed by atoms with van der Waals surface area (Å²) < 4.78 is 0. The molecule has 0 atom stereocenters. The van der Waals surface area contributed by atoms with Gasteiger partial charge in [0.25, 0.3) is 0 Å². The number of carbonyl (C=O) groups excluding carboxylic acids is 1. The fourth-order valence-electron chi connectivity index (χ4n) is 2.95. The van der Waals surface area contributed by atoms with Crippen LogP contribution in [0.3, 0.4) is 0 Å². The quantitative estimate of drug-likeness (QED) is 0.728. The van der Waals surface area contributed by atoms with Crippen molar-refractivity contribution < 1.29 is 4.79 Å². The molecule has 20 heavy (non-hydrogen) atoms. The van der Waals surface area contributed by atoms with Crippen LogP contribution in [0.5, 0.6) is 0 Å². The second-order valence-corrected chi connectivity index (χ2v) is 7.35. The Balaban J connectivity index is 2.82. The summed E-state index contributed by atoms with van der Waals surface area (Å²) in [4.78, 5) is 17.3. The predicted molar refractivity (Wildman–Crippen MR) is 87.6 cm³/mol. The van der Waals surface area contributed by atoms with Crippen LogP contribution in [0.4, 0.5) is 0 Å². The van der Waals surface area contributed by atoms with Gasteiger partial charge in [-0.3, -0.25) is 4.79 Å². The number of nitrogens with two attached hydrogens (primary N) is 1. The summed E-state index contributed by atoms with van der Waals surface area (Å²) in [6, 6.07) is 0. The molecule has 0 heterocycles. The zero-order valence-corrected chi connectivity index (χ0v) is 14.3. The zero-order chi connectivity index (χ0) is 15.5. The third kappa shape index (κ3) is 3.92. The van der Waals surface area contributed by atoms with Crippen LogP contribution in [-0.2, 0) is 4.79 Å². The Morgan fingerprint density at radius 2 is 1.90 bits per heavy atom. The number of likely N-dealkylation sites (N-methyl/N-ethyl adjacent to an activating group) is 1. The van der Waals surface area contributed by atoms with Crippen molar-refractivity contribution in [3.8, 4) is 0 Å². The van der Waals surface area contributed by atoms with Crippen molar-refractivity contribution in [1.82, 2.24) is 9.80 Å². The van der Waals surface area contributed by atoms with Gasteiger partial charge in [0.1, 0.15) is 0 Å². The Kier molecular flexibility index (Phi) is 5.95. The number of thiocarbonyl (C=S) groups is 1. The van der Waals surface area contributed by atoms with Crippen molar-refractivity contribution in [2.75, 3.05) is 33.7 Å². The zero-order valence-electron chi connectivity index (χ0n) is 13.5. The van der Waals surface area contributed by atoms with E-state index in [2.05, 4.69) is 25.7 Å². The topological polar surface area (TPSA) is 49.6 Å². The van der Waals surface area contributed by atoms with Gasteiger partial charge in [0.2, 0.25) is 5.91 Å². The average molecular weight is 299 g/mol. The highest BCUT2D eigenvalue weighted by Gasteiger charge is 2.52. The monoisotopic (exact) mass is 299 g/mol. The van der Waals surface area contributed by atoms with Crippen LogP contribution in [0, 0.1) is 17.3 Å². The van der Waals surface area contributed by atoms with E-state index in [9.17, 15) is 4.79 Å². The minimum atomic E-state index is -0.573. The summed E-state index contributed by atoms with van der Waals surface area (Å²) in [5.41, 5.74) is 5.32. The van der Waals surface area contributed by atoms with Crippen molar-refractivity contribution in [3.05, 3.63) is 0 Å². The molecule has 116 valence electrons. The third-order valence-electron chi connectivity index (χ3n) is 3.96. The summed E-state index contributed by atoms with van der Waals surface area (Å²) in [7, 11) is 4.04. The number of carbonyl (C=O) groups is 1. The van der Waals surface area contributed by atoms with Gasteiger partial charge in [0, 0.05) is 19.6 Å². The Bertz CT molecular complexity index is 362. The standard InChI is InChI=1S/C15H29N3OS/c1-11(2)10-18(7-6-17(4)5)14(19)15(13(16)20)8-12(3)9-15/h11-12H,6-10H2,1-5H3,(H2,16,20). The Morgan fingerprint density at radius 1 is 1.35 bits per heavy atom. The third-order valence-corrected chi connectivity index (χ3v) is 4.36. The molecule has 0 unspecified atom stereocenters. The smallest absolute Gasteiger partial charge is 0.235 e.